The molecule has 0 aliphatic carbocycles. The van der Waals surface area contributed by atoms with E-state index in [4.69, 9.17) is 4.74 Å². The van der Waals surface area contributed by atoms with Gasteiger partial charge in [0.2, 0.25) is 0 Å². The zero-order chi connectivity index (χ0) is 25.3. The Balaban J connectivity index is 6.21. The van der Waals surface area contributed by atoms with Gasteiger partial charge in [-0.3, -0.25) is 4.79 Å². The molecule has 0 aromatic carbocycles. The Morgan fingerprint density at radius 1 is 0.903 bits per heavy atom. The highest BCUT2D eigenvalue weighted by atomic mass is 19.4. The lowest BCUT2D eigenvalue weighted by atomic mass is 9.59. The van der Waals surface area contributed by atoms with Crippen molar-refractivity contribution in [3.63, 3.8) is 0 Å². The molecule has 2 unspecified atom stereocenters. The molecule has 0 aromatic rings. The smallest absolute Gasteiger partial charge is 0.426 e. The molecule has 0 aliphatic heterocycles. The molecule has 2 atom stereocenters. The van der Waals surface area contributed by atoms with Crippen molar-refractivity contribution in [2.24, 2.45) is 22.2 Å². The second-order valence-electron chi connectivity index (χ2n) is 11.0. The van der Waals surface area contributed by atoms with Crippen molar-refractivity contribution < 1.29 is 41.0 Å². The number of rotatable bonds is 9. The highest BCUT2D eigenvalue weighted by molar-refractivity contribution is 5.77. The molecule has 0 heterocycles. The Hall–Kier alpha value is -0.990. The lowest BCUT2D eigenvalue weighted by molar-refractivity contribution is -0.374. The van der Waals surface area contributed by atoms with Crippen molar-refractivity contribution in [2.45, 2.75) is 112 Å². The number of ether oxygens (including phenoxy) is 1. The molecule has 1 N–H and O–H groups in total. The van der Waals surface area contributed by atoms with Gasteiger partial charge in [0.15, 0.2) is 0 Å². The van der Waals surface area contributed by atoms with Crippen molar-refractivity contribution in [1.82, 2.24) is 0 Å². The average Bonchev–Trinajstić information content (AvgIpc) is 2.49. The second kappa shape index (κ2) is 9.48. The number of hydrogen-bond donors (Lipinski definition) is 1. The van der Waals surface area contributed by atoms with Crippen LogP contribution >= 0.6 is 0 Å². The minimum atomic E-state index is -5.97. The Labute approximate surface area is 181 Å². The van der Waals surface area contributed by atoms with Gasteiger partial charge >= 0.3 is 18.3 Å². The Morgan fingerprint density at radius 2 is 1.32 bits per heavy atom. The number of hydrogen-bond acceptors (Lipinski definition) is 3. The summed E-state index contributed by atoms with van der Waals surface area (Å²) in [4.78, 5) is 13.3. The van der Waals surface area contributed by atoms with Crippen LogP contribution in [0.15, 0.2) is 0 Å². The highest BCUT2D eigenvalue weighted by Gasteiger charge is 2.71. The zero-order valence-corrected chi connectivity index (χ0v) is 20.0. The molecule has 0 rings (SSSR count). The molecule has 31 heavy (non-hydrogen) atoms. The van der Waals surface area contributed by atoms with Crippen LogP contribution in [0.2, 0.25) is 0 Å². The van der Waals surface area contributed by atoms with Gasteiger partial charge in [-0.2, -0.15) is 26.3 Å². The first-order valence-corrected chi connectivity index (χ1v) is 10.5. The second-order valence-corrected chi connectivity index (χ2v) is 11.0. The summed E-state index contributed by atoms with van der Waals surface area (Å²) in [5, 5.41) is 9.63. The first kappa shape index (κ1) is 30.0. The van der Waals surface area contributed by atoms with Gasteiger partial charge in [0.05, 0.1) is 5.41 Å². The van der Waals surface area contributed by atoms with Gasteiger partial charge in [-0.25, -0.2) is 0 Å². The van der Waals surface area contributed by atoms with Crippen LogP contribution in [0.25, 0.3) is 0 Å². The summed E-state index contributed by atoms with van der Waals surface area (Å²) in [6, 6.07) is 0. The van der Waals surface area contributed by atoms with Crippen LogP contribution in [0.1, 0.15) is 88.0 Å². The molecule has 0 amide bonds. The Kier molecular flexibility index (Phi) is 9.17. The molecule has 0 bridgehead atoms. The molecule has 186 valence electrons. The van der Waals surface area contributed by atoms with Crippen LogP contribution < -0.4 is 0 Å². The van der Waals surface area contributed by atoms with E-state index in [2.05, 4.69) is 0 Å². The maximum Gasteiger partial charge on any atom is 0.426 e. The quantitative estimate of drug-likeness (QED) is 0.293. The van der Waals surface area contributed by atoms with E-state index in [1.807, 2.05) is 41.5 Å². The summed E-state index contributed by atoms with van der Waals surface area (Å²) in [7, 11) is 0. The van der Waals surface area contributed by atoms with Crippen LogP contribution in [0, 0.1) is 22.2 Å². The van der Waals surface area contributed by atoms with Crippen molar-refractivity contribution in [3.05, 3.63) is 0 Å². The molecule has 0 aromatic heterocycles. The number of esters is 1. The summed E-state index contributed by atoms with van der Waals surface area (Å²) >= 11 is 0. The molecule has 0 fully saturated rings. The van der Waals surface area contributed by atoms with E-state index in [0.717, 1.165) is 0 Å². The van der Waals surface area contributed by atoms with Gasteiger partial charge in [-0.15, -0.1) is 0 Å². The number of alkyl halides is 6. The topological polar surface area (TPSA) is 46.5 Å². The lowest BCUT2D eigenvalue weighted by Gasteiger charge is -2.46. The van der Waals surface area contributed by atoms with Crippen molar-refractivity contribution in [3.8, 4) is 0 Å². The monoisotopic (exact) mass is 464 g/mol. The predicted octanol–water partition coefficient (Wildman–Crippen LogP) is 7.07. The third-order valence-corrected chi connectivity index (χ3v) is 6.18. The molecule has 0 radical (unpaired) electrons. The van der Waals surface area contributed by atoms with Crippen molar-refractivity contribution in [1.29, 1.82) is 0 Å². The molecule has 3 nitrogen and oxygen atoms in total. The summed E-state index contributed by atoms with van der Waals surface area (Å²) in [5.41, 5.74) is -7.12. The van der Waals surface area contributed by atoms with Gasteiger partial charge in [0.1, 0.15) is 6.10 Å². The number of halogens is 6. The minimum Gasteiger partial charge on any atom is -0.462 e. The fourth-order valence-electron chi connectivity index (χ4n) is 3.74. The third kappa shape index (κ3) is 7.26. The predicted molar refractivity (Wildman–Crippen MR) is 107 cm³/mol. The summed E-state index contributed by atoms with van der Waals surface area (Å²) < 4.78 is 84.7. The zero-order valence-electron chi connectivity index (χ0n) is 20.0. The SMILES string of the molecule is CCC(C)(C)C(C)(CC(C)(C)C)C(=O)OC(CC(C)C)CC(O)(C(F)(F)F)C(F)(F)F. The highest BCUT2D eigenvalue weighted by Crippen LogP contribution is 2.51. The fourth-order valence-corrected chi connectivity index (χ4v) is 3.74. The van der Waals surface area contributed by atoms with E-state index in [9.17, 15) is 36.2 Å². The number of aliphatic hydroxyl groups is 1. The fraction of sp³-hybridized carbons (Fsp3) is 0.955. The molecular formula is C22H38F6O3. The van der Waals surface area contributed by atoms with Gasteiger partial charge in [-0.1, -0.05) is 55.4 Å². The van der Waals surface area contributed by atoms with E-state index in [-0.39, 0.29) is 17.8 Å². The van der Waals surface area contributed by atoms with Gasteiger partial charge in [-0.05, 0) is 42.9 Å². The van der Waals surface area contributed by atoms with Crippen LogP contribution in [0.3, 0.4) is 0 Å². The first-order chi connectivity index (χ1) is 13.4. The lowest BCUT2D eigenvalue weighted by Crippen LogP contribution is -2.59. The van der Waals surface area contributed by atoms with Gasteiger partial charge in [0, 0.05) is 6.42 Å². The van der Waals surface area contributed by atoms with E-state index in [0.29, 0.717) is 12.8 Å². The summed E-state index contributed by atoms with van der Waals surface area (Å²) in [6.45, 7) is 16.0. The standard InChI is InChI=1S/C22H38F6O3/c1-10-18(7,8)19(9,13-17(4,5)6)16(29)31-15(11-14(2)3)12-20(30,21(23,24)25)22(26,27)28/h14-15,30H,10-13H2,1-9H3. The number of carbonyl (C=O) groups is 1. The van der Waals surface area contributed by atoms with Crippen LogP contribution in [0.4, 0.5) is 26.3 Å². The molecule has 0 spiro atoms. The Morgan fingerprint density at radius 3 is 1.61 bits per heavy atom. The summed E-state index contributed by atoms with van der Waals surface area (Å²) in [5.74, 6) is -1.22. The average molecular weight is 465 g/mol. The van der Waals surface area contributed by atoms with E-state index in [1.54, 1.807) is 20.8 Å². The van der Waals surface area contributed by atoms with Crippen molar-refractivity contribution >= 4 is 5.97 Å². The van der Waals surface area contributed by atoms with Crippen molar-refractivity contribution in [2.75, 3.05) is 0 Å². The molecule has 9 heteroatoms. The maximum absolute atomic E-state index is 13.3. The van der Waals surface area contributed by atoms with Crippen LogP contribution in [-0.2, 0) is 9.53 Å². The molecule has 0 saturated carbocycles. The third-order valence-electron chi connectivity index (χ3n) is 6.18. The minimum absolute atomic E-state index is 0.252. The number of carbonyl (C=O) groups excluding carboxylic acids is 1. The van der Waals surface area contributed by atoms with Crippen LogP contribution in [0.5, 0.6) is 0 Å². The first-order valence-electron chi connectivity index (χ1n) is 10.5. The summed E-state index contributed by atoms with van der Waals surface area (Å²) in [6.07, 6.45) is -14.9. The van der Waals surface area contributed by atoms with Gasteiger partial charge in [0.25, 0.3) is 5.60 Å². The largest absolute Gasteiger partial charge is 0.462 e. The van der Waals surface area contributed by atoms with Crippen LogP contribution in [-0.4, -0.2) is 35.1 Å². The van der Waals surface area contributed by atoms with E-state index in [1.165, 1.54) is 0 Å². The maximum atomic E-state index is 13.3. The Bertz CT molecular complexity index is 588. The molecular weight excluding hydrogens is 426 g/mol. The molecule has 0 saturated heterocycles. The van der Waals surface area contributed by atoms with Gasteiger partial charge < -0.3 is 9.84 Å². The molecule has 0 aliphatic rings. The van der Waals surface area contributed by atoms with E-state index >= 15 is 0 Å². The normalized spacial score (nSPS) is 17.5. The van der Waals surface area contributed by atoms with E-state index < -0.39 is 47.3 Å².